The van der Waals surface area contributed by atoms with Crippen molar-refractivity contribution >= 4 is 5.96 Å². The lowest BCUT2D eigenvalue weighted by molar-refractivity contribution is 0.171. The molecule has 2 aliphatic rings. The van der Waals surface area contributed by atoms with Crippen LogP contribution in [0.3, 0.4) is 0 Å². The molecule has 3 heterocycles. The summed E-state index contributed by atoms with van der Waals surface area (Å²) in [6, 6.07) is 6.23. The highest BCUT2D eigenvalue weighted by Crippen LogP contribution is 2.32. The molecular weight excluding hydrogens is 382 g/mol. The summed E-state index contributed by atoms with van der Waals surface area (Å²) in [7, 11) is 0. The molecule has 0 radical (unpaired) electrons. The number of benzene rings is 1. The van der Waals surface area contributed by atoms with Crippen LogP contribution in [0.25, 0.3) is 0 Å². The summed E-state index contributed by atoms with van der Waals surface area (Å²) in [4.78, 5) is 9.70. The molecule has 1 N–H and O–H groups in total. The second kappa shape index (κ2) is 10.3. The van der Waals surface area contributed by atoms with Crippen molar-refractivity contribution in [1.82, 2.24) is 29.9 Å². The van der Waals surface area contributed by atoms with Crippen molar-refractivity contribution in [3.63, 3.8) is 0 Å². The molecule has 2 aliphatic heterocycles. The van der Waals surface area contributed by atoms with Gasteiger partial charge in [-0.25, -0.2) is 0 Å². The molecule has 9 heteroatoms. The molecule has 1 fully saturated rings. The maximum Gasteiger partial charge on any atom is 0.231 e. The maximum absolute atomic E-state index is 5.50. The maximum atomic E-state index is 5.50. The lowest BCUT2D eigenvalue weighted by Gasteiger charge is -2.36. The number of hydrogen-bond donors (Lipinski definition) is 1. The third-order valence-electron chi connectivity index (χ3n) is 5.40. The standard InChI is InChI=1S/C21H31N7O2/c1-2-22-21(23-7-3-4-8-27-15-24-25-16-27)28-11-9-26(10-12-28)14-18-5-6-19-20(13-18)30-17-29-19/h5-6,13,15-16H,2-4,7-12,14,17H2,1H3,(H,22,23). The molecule has 1 aromatic heterocycles. The zero-order chi connectivity index (χ0) is 20.6. The smallest absolute Gasteiger partial charge is 0.231 e. The largest absolute Gasteiger partial charge is 0.454 e. The normalized spacial score (nSPS) is 16.8. The number of unbranched alkanes of at least 4 members (excludes halogenated alkanes) is 1. The Bertz CT molecular complexity index is 817. The highest BCUT2D eigenvalue weighted by Gasteiger charge is 2.20. The minimum atomic E-state index is 0.324. The minimum Gasteiger partial charge on any atom is -0.454 e. The van der Waals surface area contributed by atoms with Gasteiger partial charge in [-0.1, -0.05) is 6.07 Å². The van der Waals surface area contributed by atoms with E-state index in [9.17, 15) is 0 Å². The molecule has 162 valence electrons. The number of nitrogens with one attached hydrogen (secondary N) is 1. The van der Waals surface area contributed by atoms with E-state index in [-0.39, 0.29) is 0 Å². The van der Waals surface area contributed by atoms with E-state index in [1.165, 1.54) is 5.56 Å². The minimum absolute atomic E-state index is 0.324. The lowest BCUT2D eigenvalue weighted by Crippen LogP contribution is -2.52. The molecular formula is C21H31N7O2. The van der Waals surface area contributed by atoms with Crippen LogP contribution < -0.4 is 14.8 Å². The highest BCUT2D eigenvalue weighted by molar-refractivity contribution is 5.80. The third kappa shape index (κ3) is 5.41. The Balaban J connectivity index is 1.22. The summed E-state index contributed by atoms with van der Waals surface area (Å²) in [5.74, 6) is 2.73. The Morgan fingerprint density at radius 2 is 1.87 bits per heavy atom. The zero-order valence-electron chi connectivity index (χ0n) is 17.7. The van der Waals surface area contributed by atoms with Gasteiger partial charge < -0.3 is 24.3 Å². The van der Waals surface area contributed by atoms with Crippen LogP contribution in [-0.4, -0.2) is 76.6 Å². The van der Waals surface area contributed by atoms with Crippen LogP contribution in [0.15, 0.2) is 35.8 Å². The Kier molecular flexibility index (Phi) is 7.02. The van der Waals surface area contributed by atoms with Gasteiger partial charge >= 0.3 is 0 Å². The number of hydrogen-bond acceptors (Lipinski definition) is 6. The monoisotopic (exact) mass is 413 g/mol. The summed E-state index contributed by atoms with van der Waals surface area (Å²) in [5, 5.41) is 11.1. The molecule has 30 heavy (non-hydrogen) atoms. The van der Waals surface area contributed by atoms with E-state index in [2.05, 4.69) is 44.4 Å². The fraction of sp³-hybridized carbons (Fsp3) is 0.571. The third-order valence-corrected chi connectivity index (χ3v) is 5.40. The number of aryl methyl sites for hydroxylation is 1. The zero-order valence-corrected chi connectivity index (χ0v) is 17.7. The first-order chi connectivity index (χ1) is 14.8. The van der Waals surface area contributed by atoms with Crippen LogP contribution in [0.1, 0.15) is 25.3 Å². The van der Waals surface area contributed by atoms with E-state index in [1.54, 1.807) is 12.7 Å². The number of ether oxygens (including phenoxy) is 2. The van der Waals surface area contributed by atoms with Gasteiger partial charge in [0.2, 0.25) is 6.79 Å². The van der Waals surface area contributed by atoms with E-state index in [0.29, 0.717) is 6.79 Å². The van der Waals surface area contributed by atoms with Gasteiger partial charge in [-0.15, -0.1) is 10.2 Å². The van der Waals surface area contributed by atoms with E-state index < -0.39 is 0 Å². The van der Waals surface area contributed by atoms with Gasteiger partial charge in [-0.2, -0.15) is 0 Å². The van der Waals surface area contributed by atoms with E-state index in [0.717, 1.165) is 82.7 Å². The summed E-state index contributed by atoms with van der Waals surface area (Å²) >= 11 is 0. The molecule has 9 nitrogen and oxygen atoms in total. The average Bonchev–Trinajstić information content (AvgIpc) is 3.45. The SMILES string of the molecule is CCNC(=NCCCCn1cnnc1)N1CCN(Cc2ccc3c(c2)OCO3)CC1. The average molecular weight is 414 g/mol. The predicted molar refractivity (Wildman–Crippen MR) is 115 cm³/mol. The summed E-state index contributed by atoms with van der Waals surface area (Å²) in [5.41, 5.74) is 1.27. The van der Waals surface area contributed by atoms with Crippen LogP contribution in [-0.2, 0) is 13.1 Å². The first-order valence-corrected chi connectivity index (χ1v) is 10.8. The van der Waals surface area contributed by atoms with Crippen molar-refractivity contribution in [2.24, 2.45) is 4.99 Å². The molecule has 0 unspecified atom stereocenters. The molecule has 0 atom stereocenters. The predicted octanol–water partition coefficient (Wildman–Crippen LogP) is 1.57. The Hall–Kier alpha value is -2.81. The van der Waals surface area contributed by atoms with Gasteiger partial charge in [0.15, 0.2) is 17.5 Å². The van der Waals surface area contributed by atoms with Crippen LogP contribution in [0.5, 0.6) is 11.5 Å². The molecule has 1 aromatic carbocycles. The van der Waals surface area contributed by atoms with Crippen molar-refractivity contribution in [2.75, 3.05) is 46.1 Å². The van der Waals surface area contributed by atoms with Gasteiger partial charge in [-0.3, -0.25) is 9.89 Å². The van der Waals surface area contributed by atoms with Crippen molar-refractivity contribution in [3.8, 4) is 11.5 Å². The second-order valence-electron chi connectivity index (χ2n) is 7.59. The number of nitrogens with zero attached hydrogens (tertiary/aromatic N) is 6. The van der Waals surface area contributed by atoms with Gasteiger partial charge in [0.1, 0.15) is 12.7 Å². The van der Waals surface area contributed by atoms with Gasteiger partial charge in [-0.05, 0) is 37.5 Å². The van der Waals surface area contributed by atoms with Crippen LogP contribution in [0, 0.1) is 0 Å². The number of fused-ring (bicyclic) bond motifs is 1. The fourth-order valence-corrected chi connectivity index (χ4v) is 3.77. The highest BCUT2D eigenvalue weighted by atomic mass is 16.7. The van der Waals surface area contributed by atoms with Crippen molar-refractivity contribution in [1.29, 1.82) is 0 Å². The van der Waals surface area contributed by atoms with Crippen molar-refractivity contribution in [3.05, 3.63) is 36.4 Å². The molecule has 0 bridgehead atoms. The Labute approximate surface area is 177 Å². The van der Waals surface area contributed by atoms with E-state index >= 15 is 0 Å². The molecule has 0 aliphatic carbocycles. The quantitative estimate of drug-likeness (QED) is 0.400. The van der Waals surface area contributed by atoms with Crippen LogP contribution >= 0.6 is 0 Å². The number of rotatable bonds is 8. The number of piperazine rings is 1. The van der Waals surface area contributed by atoms with Gasteiger partial charge in [0, 0.05) is 52.4 Å². The summed E-state index contributed by atoms with van der Waals surface area (Å²) < 4.78 is 12.9. The summed E-state index contributed by atoms with van der Waals surface area (Å²) in [6.07, 6.45) is 5.65. The molecule has 4 rings (SSSR count). The van der Waals surface area contributed by atoms with Crippen LogP contribution in [0.2, 0.25) is 0 Å². The Morgan fingerprint density at radius 3 is 2.67 bits per heavy atom. The number of guanidine groups is 1. The van der Waals surface area contributed by atoms with E-state index in [4.69, 9.17) is 14.5 Å². The van der Waals surface area contributed by atoms with Crippen molar-refractivity contribution < 1.29 is 9.47 Å². The number of aromatic nitrogens is 3. The first kappa shape index (κ1) is 20.5. The molecule has 1 saturated heterocycles. The summed E-state index contributed by atoms with van der Waals surface area (Å²) in [6.45, 7) is 10.0. The van der Waals surface area contributed by atoms with Crippen LogP contribution in [0.4, 0.5) is 0 Å². The molecule has 0 saturated carbocycles. The van der Waals surface area contributed by atoms with E-state index in [1.807, 2.05) is 10.6 Å². The van der Waals surface area contributed by atoms with Gasteiger partial charge in [0.05, 0.1) is 0 Å². The Morgan fingerprint density at radius 1 is 1.07 bits per heavy atom. The lowest BCUT2D eigenvalue weighted by atomic mass is 10.1. The topological polar surface area (TPSA) is 80.0 Å². The first-order valence-electron chi connectivity index (χ1n) is 10.8. The molecule has 2 aromatic rings. The second-order valence-corrected chi connectivity index (χ2v) is 7.59. The van der Waals surface area contributed by atoms with Crippen molar-refractivity contribution in [2.45, 2.75) is 32.9 Å². The molecule has 0 amide bonds. The van der Waals surface area contributed by atoms with Gasteiger partial charge in [0.25, 0.3) is 0 Å². The molecule has 0 spiro atoms. The number of aliphatic imine (C=N–C) groups is 1. The fourth-order valence-electron chi connectivity index (χ4n) is 3.77.